The van der Waals surface area contributed by atoms with Gasteiger partial charge in [-0.05, 0) is 45.1 Å². The van der Waals surface area contributed by atoms with Crippen molar-refractivity contribution in [1.29, 1.82) is 0 Å². The summed E-state index contributed by atoms with van der Waals surface area (Å²) in [4.78, 5) is 0. The predicted octanol–water partition coefficient (Wildman–Crippen LogP) is 3.22. The van der Waals surface area contributed by atoms with E-state index in [4.69, 9.17) is 4.74 Å². The molecule has 0 saturated carbocycles. The molecule has 1 N–H and O–H groups in total. The summed E-state index contributed by atoms with van der Waals surface area (Å²) in [6.45, 7) is 14.0. The Morgan fingerprint density at radius 2 is 1.93 bits per heavy atom. The molecule has 0 rings (SSSR count). The molecule has 0 aromatic carbocycles. The van der Waals surface area contributed by atoms with Crippen LogP contribution in [0, 0.1) is 5.41 Å². The Morgan fingerprint density at radius 3 is 2.47 bits per heavy atom. The average molecular weight is 215 g/mol. The molecule has 0 aliphatic heterocycles. The van der Waals surface area contributed by atoms with E-state index in [9.17, 15) is 0 Å². The van der Waals surface area contributed by atoms with Crippen LogP contribution in [0.2, 0.25) is 0 Å². The van der Waals surface area contributed by atoms with Crippen LogP contribution >= 0.6 is 0 Å². The van der Waals surface area contributed by atoms with E-state index in [1.54, 1.807) is 0 Å². The third-order valence-electron chi connectivity index (χ3n) is 2.76. The Labute approximate surface area is 95.8 Å². The molecule has 0 aromatic heterocycles. The quantitative estimate of drug-likeness (QED) is 0.596. The van der Waals surface area contributed by atoms with Crippen LogP contribution < -0.4 is 5.32 Å². The van der Waals surface area contributed by atoms with Gasteiger partial charge in [0.1, 0.15) is 0 Å². The Balaban J connectivity index is 3.65. The highest BCUT2D eigenvalue weighted by Crippen LogP contribution is 2.28. The van der Waals surface area contributed by atoms with Gasteiger partial charge in [-0.25, -0.2) is 0 Å². The minimum Gasteiger partial charge on any atom is -0.382 e. The molecule has 0 amide bonds. The van der Waals surface area contributed by atoms with Crippen molar-refractivity contribution >= 4 is 0 Å². The van der Waals surface area contributed by atoms with Crippen molar-refractivity contribution in [1.82, 2.24) is 5.32 Å². The Bertz CT molecular complexity index is 145. The summed E-state index contributed by atoms with van der Waals surface area (Å²) in [5, 5.41) is 3.47. The zero-order chi connectivity index (χ0) is 11.7. The fraction of sp³-hybridized carbons (Fsp3) is 1.00. The van der Waals surface area contributed by atoms with Gasteiger partial charge >= 0.3 is 0 Å². The van der Waals surface area contributed by atoms with E-state index in [1.165, 1.54) is 19.3 Å². The van der Waals surface area contributed by atoms with Crippen molar-refractivity contribution in [3.05, 3.63) is 0 Å². The maximum Gasteiger partial charge on any atom is 0.0466 e. The van der Waals surface area contributed by atoms with E-state index in [0.717, 1.165) is 19.8 Å². The lowest BCUT2D eigenvalue weighted by molar-refractivity contribution is 0.129. The maximum absolute atomic E-state index is 5.37. The van der Waals surface area contributed by atoms with Gasteiger partial charge in [-0.2, -0.15) is 0 Å². The third kappa shape index (κ3) is 8.88. The molecule has 0 fully saturated rings. The molecule has 0 heterocycles. The number of nitrogens with one attached hydrogen (secondary N) is 1. The van der Waals surface area contributed by atoms with Crippen LogP contribution in [0.4, 0.5) is 0 Å². The van der Waals surface area contributed by atoms with Crippen LogP contribution in [-0.4, -0.2) is 25.8 Å². The molecule has 0 radical (unpaired) electrons. The molecule has 15 heavy (non-hydrogen) atoms. The normalized spacial score (nSPS) is 14.2. The van der Waals surface area contributed by atoms with Gasteiger partial charge in [-0.3, -0.25) is 0 Å². The number of hydrogen-bond acceptors (Lipinski definition) is 2. The van der Waals surface area contributed by atoms with Gasteiger partial charge in [0.2, 0.25) is 0 Å². The second kappa shape index (κ2) is 8.12. The SMILES string of the molecule is CCNC(C)CC(C)(C)CCCOCC. The van der Waals surface area contributed by atoms with Gasteiger partial charge in [0.05, 0.1) is 0 Å². The summed E-state index contributed by atoms with van der Waals surface area (Å²) in [5.41, 5.74) is 0.429. The molecular formula is C13H29NO. The zero-order valence-electron chi connectivity index (χ0n) is 11.2. The van der Waals surface area contributed by atoms with E-state index in [0.29, 0.717) is 11.5 Å². The largest absolute Gasteiger partial charge is 0.382 e. The monoisotopic (exact) mass is 215 g/mol. The average Bonchev–Trinajstić information content (AvgIpc) is 2.12. The van der Waals surface area contributed by atoms with Gasteiger partial charge in [0.25, 0.3) is 0 Å². The lowest BCUT2D eigenvalue weighted by Crippen LogP contribution is -2.31. The molecule has 0 saturated heterocycles. The van der Waals surface area contributed by atoms with Gasteiger partial charge in [0, 0.05) is 19.3 Å². The second-order valence-electron chi connectivity index (χ2n) is 5.13. The van der Waals surface area contributed by atoms with Gasteiger partial charge in [-0.1, -0.05) is 20.8 Å². The third-order valence-corrected chi connectivity index (χ3v) is 2.76. The van der Waals surface area contributed by atoms with Crippen molar-refractivity contribution in [2.75, 3.05) is 19.8 Å². The molecule has 0 aliphatic carbocycles. The summed E-state index contributed by atoms with van der Waals surface area (Å²) >= 11 is 0. The van der Waals surface area contributed by atoms with Crippen molar-refractivity contribution in [2.24, 2.45) is 5.41 Å². The highest BCUT2D eigenvalue weighted by molar-refractivity contribution is 4.74. The summed E-state index contributed by atoms with van der Waals surface area (Å²) in [7, 11) is 0. The molecule has 0 aliphatic rings. The lowest BCUT2D eigenvalue weighted by atomic mass is 9.82. The first-order valence-electron chi connectivity index (χ1n) is 6.33. The smallest absolute Gasteiger partial charge is 0.0466 e. The van der Waals surface area contributed by atoms with E-state index in [-0.39, 0.29) is 0 Å². The molecule has 1 atom stereocenters. The van der Waals surface area contributed by atoms with Gasteiger partial charge in [0.15, 0.2) is 0 Å². The predicted molar refractivity (Wildman–Crippen MR) is 67.3 cm³/mol. The molecule has 0 bridgehead atoms. The second-order valence-corrected chi connectivity index (χ2v) is 5.13. The first-order chi connectivity index (χ1) is 7.02. The minimum absolute atomic E-state index is 0.429. The number of ether oxygens (including phenoxy) is 1. The highest BCUT2D eigenvalue weighted by atomic mass is 16.5. The van der Waals surface area contributed by atoms with Crippen LogP contribution in [0.1, 0.15) is 53.9 Å². The van der Waals surface area contributed by atoms with Gasteiger partial charge in [-0.15, -0.1) is 0 Å². The minimum atomic E-state index is 0.429. The Kier molecular flexibility index (Phi) is 8.07. The van der Waals surface area contributed by atoms with Crippen LogP contribution in [0.15, 0.2) is 0 Å². The van der Waals surface area contributed by atoms with Crippen molar-refractivity contribution in [3.8, 4) is 0 Å². The summed E-state index contributed by atoms with van der Waals surface area (Å²) in [6.07, 6.45) is 3.68. The van der Waals surface area contributed by atoms with E-state index < -0.39 is 0 Å². The van der Waals surface area contributed by atoms with E-state index >= 15 is 0 Å². The van der Waals surface area contributed by atoms with Crippen LogP contribution in [0.5, 0.6) is 0 Å². The first-order valence-corrected chi connectivity index (χ1v) is 6.33. The fourth-order valence-corrected chi connectivity index (χ4v) is 2.15. The molecule has 0 spiro atoms. The van der Waals surface area contributed by atoms with Crippen LogP contribution in [0.3, 0.4) is 0 Å². The van der Waals surface area contributed by atoms with Gasteiger partial charge < -0.3 is 10.1 Å². The molecular weight excluding hydrogens is 186 g/mol. The molecule has 2 nitrogen and oxygen atoms in total. The van der Waals surface area contributed by atoms with Crippen LogP contribution in [-0.2, 0) is 4.74 Å². The number of hydrogen-bond donors (Lipinski definition) is 1. The fourth-order valence-electron chi connectivity index (χ4n) is 2.15. The van der Waals surface area contributed by atoms with Crippen molar-refractivity contribution < 1.29 is 4.74 Å². The standard InChI is InChI=1S/C13H29NO/c1-6-14-12(3)11-13(4,5)9-8-10-15-7-2/h12,14H,6-11H2,1-5H3. The van der Waals surface area contributed by atoms with E-state index in [1.807, 2.05) is 0 Å². The zero-order valence-corrected chi connectivity index (χ0v) is 11.2. The molecule has 0 aromatic rings. The molecule has 92 valence electrons. The molecule has 2 heteroatoms. The van der Waals surface area contributed by atoms with Crippen molar-refractivity contribution in [2.45, 2.75) is 59.9 Å². The topological polar surface area (TPSA) is 21.3 Å². The highest BCUT2D eigenvalue weighted by Gasteiger charge is 2.20. The summed E-state index contributed by atoms with van der Waals surface area (Å²) in [5.74, 6) is 0. The van der Waals surface area contributed by atoms with Crippen LogP contribution in [0.25, 0.3) is 0 Å². The Hall–Kier alpha value is -0.0800. The lowest BCUT2D eigenvalue weighted by Gasteiger charge is -2.28. The van der Waals surface area contributed by atoms with Crippen molar-refractivity contribution in [3.63, 3.8) is 0 Å². The maximum atomic E-state index is 5.37. The van der Waals surface area contributed by atoms with E-state index in [2.05, 4.69) is 39.9 Å². The summed E-state index contributed by atoms with van der Waals surface area (Å²) in [6, 6.07) is 0.622. The first kappa shape index (κ1) is 14.9. The number of rotatable bonds is 9. The molecule has 1 unspecified atom stereocenters. The Morgan fingerprint density at radius 1 is 1.27 bits per heavy atom. The summed E-state index contributed by atoms with van der Waals surface area (Å²) < 4.78 is 5.37.